The van der Waals surface area contributed by atoms with Gasteiger partial charge < -0.3 is 4.57 Å². The molecule has 31 heavy (non-hydrogen) atoms. The third kappa shape index (κ3) is 4.54. The Morgan fingerprint density at radius 3 is 2.26 bits per heavy atom. The first-order valence-corrected chi connectivity index (χ1v) is 12.2. The fourth-order valence-corrected chi connectivity index (χ4v) is 4.87. The van der Waals surface area contributed by atoms with Gasteiger partial charge >= 0.3 is 0 Å². The molecule has 0 radical (unpaired) electrons. The molecule has 0 fully saturated rings. The van der Waals surface area contributed by atoms with Crippen LogP contribution in [0, 0.1) is 0 Å². The Morgan fingerprint density at radius 2 is 1.58 bits per heavy atom. The van der Waals surface area contributed by atoms with Gasteiger partial charge in [0.15, 0.2) is 9.84 Å². The summed E-state index contributed by atoms with van der Waals surface area (Å²) in [5, 5.41) is 1.22. The maximum atomic E-state index is 12.2. The smallest absolute Gasteiger partial charge is 0.178 e. The van der Waals surface area contributed by atoms with Crippen molar-refractivity contribution in [3.63, 3.8) is 0 Å². The van der Waals surface area contributed by atoms with Gasteiger partial charge in [-0.05, 0) is 53.1 Å². The number of rotatable bonds is 6. The second-order valence-electron chi connectivity index (χ2n) is 7.07. The minimum Gasteiger partial charge on any atom is -0.303 e. The number of aromatic nitrogens is 2. The Bertz CT molecular complexity index is 1310. The molecular weight excluding hydrogens is 451 g/mol. The average Bonchev–Trinajstić information content (AvgIpc) is 3.25. The number of benzene rings is 3. The minimum atomic E-state index is -3.25. The van der Waals surface area contributed by atoms with Crippen LogP contribution in [0.1, 0.15) is 18.3 Å². The van der Waals surface area contributed by atoms with Crippen molar-refractivity contribution < 1.29 is 8.42 Å². The van der Waals surface area contributed by atoms with Crippen LogP contribution < -0.4 is 0 Å². The van der Waals surface area contributed by atoms with Crippen LogP contribution in [0.25, 0.3) is 16.8 Å². The first-order valence-electron chi connectivity index (χ1n) is 9.78. The monoisotopic (exact) mass is 470 g/mol. The van der Waals surface area contributed by atoms with Gasteiger partial charge in [-0.25, -0.2) is 13.4 Å². The van der Waals surface area contributed by atoms with E-state index in [9.17, 15) is 8.42 Å². The van der Waals surface area contributed by atoms with Crippen LogP contribution in [-0.4, -0.2) is 23.7 Å². The Labute approximate surface area is 192 Å². The number of imidazole rings is 1. The predicted octanol–water partition coefficient (Wildman–Crippen LogP) is 6.23. The molecule has 0 N–H and O–H groups in total. The van der Waals surface area contributed by atoms with Crippen molar-refractivity contribution in [1.29, 1.82) is 0 Å². The van der Waals surface area contributed by atoms with E-state index in [0.29, 0.717) is 21.4 Å². The van der Waals surface area contributed by atoms with Crippen molar-refractivity contribution in [1.82, 2.24) is 9.55 Å². The molecule has 0 saturated carbocycles. The van der Waals surface area contributed by atoms with Crippen LogP contribution in [0.4, 0.5) is 0 Å². The van der Waals surface area contributed by atoms with Gasteiger partial charge in [-0.2, -0.15) is 0 Å². The summed E-state index contributed by atoms with van der Waals surface area (Å²) < 4.78 is 26.4. The van der Waals surface area contributed by atoms with Crippen LogP contribution in [-0.2, 0) is 16.3 Å². The molecule has 0 aliphatic carbocycles. The molecule has 0 aliphatic rings. The van der Waals surface area contributed by atoms with E-state index in [1.165, 1.54) is 0 Å². The van der Waals surface area contributed by atoms with Crippen LogP contribution in [0.3, 0.4) is 0 Å². The molecule has 3 aromatic carbocycles. The van der Waals surface area contributed by atoms with Crippen LogP contribution in [0.2, 0.25) is 10.0 Å². The summed E-state index contributed by atoms with van der Waals surface area (Å²) in [5.41, 5.74) is 3.57. The maximum Gasteiger partial charge on any atom is 0.178 e. The van der Waals surface area contributed by atoms with Crippen molar-refractivity contribution in [3.05, 3.63) is 101 Å². The Hall–Kier alpha value is -2.60. The highest BCUT2D eigenvalue weighted by molar-refractivity contribution is 7.91. The third-order valence-corrected chi connectivity index (χ3v) is 7.61. The van der Waals surface area contributed by atoms with E-state index in [1.54, 1.807) is 31.3 Å². The highest BCUT2D eigenvalue weighted by atomic mass is 35.5. The lowest BCUT2D eigenvalue weighted by molar-refractivity contribution is 0.597. The largest absolute Gasteiger partial charge is 0.303 e. The van der Waals surface area contributed by atoms with E-state index in [-0.39, 0.29) is 5.75 Å². The highest BCUT2D eigenvalue weighted by Gasteiger charge is 2.14. The first-order chi connectivity index (χ1) is 14.9. The molecule has 0 spiro atoms. The van der Waals surface area contributed by atoms with Crippen molar-refractivity contribution in [2.24, 2.45) is 0 Å². The van der Waals surface area contributed by atoms with Crippen molar-refractivity contribution in [2.45, 2.75) is 18.2 Å². The number of sulfone groups is 1. The molecular formula is C24H20Cl2N2O2S. The van der Waals surface area contributed by atoms with Gasteiger partial charge in [0.05, 0.1) is 10.6 Å². The summed E-state index contributed by atoms with van der Waals surface area (Å²) in [4.78, 5) is 4.82. The Balaban J connectivity index is 1.64. The van der Waals surface area contributed by atoms with E-state index in [2.05, 4.69) is 4.98 Å². The standard InChI is InChI=1S/C24H20Cl2N2O2S/c1-2-31(29,30)20-6-3-5-18(15-20)17-9-11-19(12-10-17)28-14-13-27-24(28)16-21-22(25)7-4-8-23(21)26/h3-15H,2,16H2,1H3. The highest BCUT2D eigenvalue weighted by Crippen LogP contribution is 2.28. The van der Waals surface area contributed by atoms with E-state index < -0.39 is 9.84 Å². The van der Waals surface area contributed by atoms with Crippen LogP contribution in [0.15, 0.2) is 84.0 Å². The molecule has 4 nitrogen and oxygen atoms in total. The SMILES string of the molecule is CCS(=O)(=O)c1cccc(-c2ccc(-n3ccnc3Cc3c(Cl)cccc3Cl)cc2)c1. The number of hydrogen-bond acceptors (Lipinski definition) is 3. The summed E-state index contributed by atoms with van der Waals surface area (Å²) >= 11 is 12.6. The molecule has 1 aromatic heterocycles. The average molecular weight is 471 g/mol. The summed E-state index contributed by atoms with van der Waals surface area (Å²) in [7, 11) is -3.25. The van der Waals surface area contributed by atoms with Crippen molar-refractivity contribution in [3.8, 4) is 16.8 Å². The summed E-state index contributed by atoms with van der Waals surface area (Å²) in [6.45, 7) is 1.65. The fourth-order valence-electron chi connectivity index (χ4n) is 3.41. The van der Waals surface area contributed by atoms with Gasteiger partial charge in [-0.1, -0.05) is 60.5 Å². The number of halogens is 2. The van der Waals surface area contributed by atoms with Gasteiger partial charge in [0, 0.05) is 34.5 Å². The third-order valence-electron chi connectivity index (χ3n) is 5.17. The molecule has 0 saturated heterocycles. The molecule has 4 aromatic rings. The quantitative estimate of drug-likeness (QED) is 0.335. The molecule has 0 atom stereocenters. The van der Waals surface area contributed by atoms with E-state index in [0.717, 1.165) is 28.2 Å². The van der Waals surface area contributed by atoms with Gasteiger partial charge in [-0.3, -0.25) is 0 Å². The zero-order valence-electron chi connectivity index (χ0n) is 16.8. The summed E-state index contributed by atoms with van der Waals surface area (Å²) in [6.07, 6.45) is 4.14. The molecule has 158 valence electrons. The van der Waals surface area contributed by atoms with Crippen molar-refractivity contribution >= 4 is 33.0 Å². The number of hydrogen-bond donors (Lipinski definition) is 0. The zero-order chi connectivity index (χ0) is 22.0. The first kappa shape index (κ1) is 21.6. The van der Waals surface area contributed by atoms with Gasteiger partial charge in [0.25, 0.3) is 0 Å². The van der Waals surface area contributed by atoms with Gasteiger partial charge in [0.1, 0.15) is 5.82 Å². The lowest BCUT2D eigenvalue weighted by Crippen LogP contribution is -2.03. The fraction of sp³-hybridized carbons (Fsp3) is 0.125. The molecule has 0 bridgehead atoms. The van der Waals surface area contributed by atoms with Crippen LogP contribution >= 0.6 is 23.2 Å². The summed E-state index contributed by atoms with van der Waals surface area (Å²) in [6, 6.07) is 20.4. The maximum absolute atomic E-state index is 12.2. The normalized spacial score (nSPS) is 11.6. The predicted molar refractivity (Wildman–Crippen MR) is 126 cm³/mol. The van der Waals surface area contributed by atoms with Crippen molar-refractivity contribution in [2.75, 3.05) is 5.75 Å². The molecule has 0 amide bonds. The summed E-state index contributed by atoms with van der Waals surface area (Å²) in [5.74, 6) is 0.896. The molecule has 1 heterocycles. The topological polar surface area (TPSA) is 52.0 Å². The second kappa shape index (κ2) is 8.87. The van der Waals surface area contributed by atoms with E-state index in [1.807, 2.05) is 59.3 Å². The molecule has 7 heteroatoms. The number of nitrogens with zero attached hydrogens (tertiary/aromatic N) is 2. The van der Waals surface area contributed by atoms with Gasteiger partial charge in [-0.15, -0.1) is 0 Å². The minimum absolute atomic E-state index is 0.0776. The van der Waals surface area contributed by atoms with E-state index >= 15 is 0 Å². The molecule has 4 rings (SSSR count). The molecule has 0 unspecified atom stereocenters. The second-order valence-corrected chi connectivity index (χ2v) is 10.2. The Morgan fingerprint density at radius 1 is 0.903 bits per heavy atom. The lowest BCUT2D eigenvalue weighted by Gasteiger charge is -2.11. The molecule has 0 aliphatic heterocycles. The van der Waals surface area contributed by atoms with Gasteiger partial charge in [0.2, 0.25) is 0 Å². The Kier molecular flexibility index (Phi) is 6.19. The lowest BCUT2D eigenvalue weighted by atomic mass is 10.1. The van der Waals surface area contributed by atoms with E-state index in [4.69, 9.17) is 23.2 Å². The van der Waals surface area contributed by atoms with Crippen LogP contribution in [0.5, 0.6) is 0 Å². The zero-order valence-corrected chi connectivity index (χ0v) is 19.1.